The maximum atomic E-state index is 13.2. The van der Waals surface area contributed by atoms with Gasteiger partial charge < -0.3 is 11.1 Å². The van der Waals surface area contributed by atoms with Crippen LogP contribution in [0.3, 0.4) is 0 Å². The molecule has 0 bridgehead atoms. The van der Waals surface area contributed by atoms with Crippen LogP contribution in [0.5, 0.6) is 0 Å². The largest absolute Gasteiger partial charge is 0.352 e. The molecule has 0 heterocycles. The number of halogens is 3. The number of carbonyl (C=O) groups is 1. The van der Waals surface area contributed by atoms with Crippen LogP contribution < -0.4 is 11.1 Å². The van der Waals surface area contributed by atoms with Crippen molar-refractivity contribution in [1.29, 1.82) is 0 Å². The van der Waals surface area contributed by atoms with Crippen LogP contribution in [-0.4, -0.2) is 11.9 Å². The van der Waals surface area contributed by atoms with Crippen LogP contribution >= 0.6 is 28.3 Å². The summed E-state index contributed by atoms with van der Waals surface area (Å²) in [6, 6.07) is 4.80. The van der Waals surface area contributed by atoms with Crippen LogP contribution in [0.1, 0.15) is 25.3 Å². The average molecular weight is 340 g/mol. The Morgan fingerprint density at radius 3 is 2.78 bits per heavy atom. The topological polar surface area (TPSA) is 55.1 Å². The molecule has 0 aliphatic rings. The number of hydrogen-bond acceptors (Lipinski definition) is 2. The Morgan fingerprint density at radius 1 is 1.56 bits per heavy atom. The average Bonchev–Trinajstić information content (AvgIpc) is 2.28. The van der Waals surface area contributed by atoms with Crippen LogP contribution in [0.25, 0.3) is 0 Å². The maximum Gasteiger partial charge on any atom is 0.220 e. The minimum atomic E-state index is -0.327. The van der Waals surface area contributed by atoms with E-state index in [9.17, 15) is 9.18 Å². The van der Waals surface area contributed by atoms with Gasteiger partial charge in [0.05, 0.1) is 4.47 Å². The molecule has 0 spiro atoms. The molecule has 3 N–H and O–H groups in total. The fraction of sp³-hybridized carbons (Fsp3) is 0.417. The van der Waals surface area contributed by atoms with Crippen LogP contribution in [0.4, 0.5) is 4.39 Å². The molecule has 1 atom stereocenters. The van der Waals surface area contributed by atoms with Crippen molar-refractivity contribution >= 4 is 34.2 Å². The smallest absolute Gasteiger partial charge is 0.220 e. The number of carbonyl (C=O) groups excluding carboxylic acids is 1. The van der Waals surface area contributed by atoms with E-state index in [2.05, 4.69) is 21.2 Å². The van der Waals surface area contributed by atoms with Crippen molar-refractivity contribution in [2.24, 2.45) is 5.73 Å². The number of hydrogen-bond donors (Lipinski definition) is 2. The second kappa shape index (κ2) is 8.45. The highest BCUT2D eigenvalue weighted by Gasteiger charge is 2.05. The zero-order chi connectivity index (χ0) is 12.8. The Morgan fingerprint density at radius 2 is 2.22 bits per heavy atom. The third-order valence-electron chi connectivity index (χ3n) is 2.30. The van der Waals surface area contributed by atoms with Crippen LogP contribution in [-0.2, 0) is 11.3 Å². The number of rotatable bonds is 5. The Labute approximate surface area is 121 Å². The Balaban J connectivity index is 0.00000289. The number of benzene rings is 1. The lowest BCUT2D eigenvalue weighted by molar-refractivity contribution is -0.121. The van der Waals surface area contributed by atoms with E-state index >= 15 is 0 Å². The van der Waals surface area contributed by atoms with E-state index in [1.165, 1.54) is 6.07 Å². The Kier molecular flexibility index (Phi) is 8.15. The van der Waals surface area contributed by atoms with Gasteiger partial charge >= 0.3 is 0 Å². The summed E-state index contributed by atoms with van der Waals surface area (Å²) in [4.78, 5) is 11.4. The van der Waals surface area contributed by atoms with Gasteiger partial charge in [-0.1, -0.05) is 6.07 Å². The van der Waals surface area contributed by atoms with Crippen molar-refractivity contribution in [3.8, 4) is 0 Å². The predicted molar refractivity (Wildman–Crippen MR) is 76.1 cm³/mol. The van der Waals surface area contributed by atoms with E-state index in [0.29, 0.717) is 23.9 Å². The maximum absolute atomic E-state index is 13.2. The normalized spacial score (nSPS) is 11.6. The van der Waals surface area contributed by atoms with Crippen molar-refractivity contribution in [2.75, 3.05) is 0 Å². The van der Waals surface area contributed by atoms with Crippen LogP contribution in [0.2, 0.25) is 0 Å². The van der Waals surface area contributed by atoms with Gasteiger partial charge in [0, 0.05) is 19.0 Å². The molecule has 1 aromatic rings. The van der Waals surface area contributed by atoms with Gasteiger partial charge in [-0.25, -0.2) is 4.39 Å². The van der Waals surface area contributed by atoms with Gasteiger partial charge in [-0.05, 0) is 47.0 Å². The fourth-order valence-corrected chi connectivity index (χ4v) is 1.54. The first kappa shape index (κ1) is 17.4. The molecule has 0 aliphatic heterocycles. The van der Waals surface area contributed by atoms with E-state index in [0.717, 1.165) is 5.56 Å². The van der Waals surface area contributed by atoms with E-state index in [-0.39, 0.29) is 30.2 Å². The fourth-order valence-electron chi connectivity index (χ4n) is 1.30. The summed E-state index contributed by atoms with van der Waals surface area (Å²) < 4.78 is 13.6. The molecule has 1 aromatic carbocycles. The van der Waals surface area contributed by atoms with E-state index in [1.807, 2.05) is 6.92 Å². The van der Waals surface area contributed by atoms with Gasteiger partial charge in [0.1, 0.15) is 5.82 Å². The Hall–Kier alpha value is -0.650. The minimum absolute atomic E-state index is 0. The molecule has 0 saturated heterocycles. The summed E-state index contributed by atoms with van der Waals surface area (Å²) in [5.74, 6) is -0.391. The summed E-state index contributed by atoms with van der Waals surface area (Å²) in [7, 11) is 0. The zero-order valence-electron chi connectivity index (χ0n) is 10.1. The molecule has 6 heteroatoms. The van der Waals surface area contributed by atoms with Crippen molar-refractivity contribution in [3.63, 3.8) is 0 Å². The molecule has 1 amide bonds. The van der Waals surface area contributed by atoms with E-state index in [4.69, 9.17) is 5.73 Å². The lowest BCUT2D eigenvalue weighted by Gasteiger charge is -2.07. The molecule has 102 valence electrons. The molecule has 0 fully saturated rings. The highest BCUT2D eigenvalue weighted by atomic mass is 79.9. The van der Waals surface area contributed by atoms with Crippen molar-refractivity contribution < 1.29 is 9.18 Å². The van der Waals surface area contributed by atoms with E-state index in [1.54, 1.807) is 12.1 Å². The minimum Gasteiger partial charge on any atom is -0.352 e. The summed E-state index contributed by atoms with van der Waals surface area (Å²) in [5.41, 5.74) is 6.29. The third-order valence-corrected chi connectivity index (χ3v) is 2.94. The summed E-state index contributed by atoms with van der Waals surface area (Å²) >= 11 is 3.07. The Bertz CT molecular complexity index is 402. The molecule has 18 heavy (non-hydrogen) atoms. The predicted octanol–water partition coefficient (Wildman–Crippen LogP) is 2.75. The molecule has 0 aliphatic carbocycles. The lowest BCUT2D eigenvalue weighted by atomic mass is 10.2. The van der Waals surface area contributed by atoms with E-state index < -0.39 is 0 Å². The first-order chi connectivity index (χ1) is 7.99. The third kappa shape index (κ3) is 6.33. The van der Waals surface area contributed by atoms with Gasteiger partial charge in [-0.15, -0.1) is 12.4 Å². The van der Waals surface area contributed by atoms with Crippen LogP contribution in [0.15, 0.2) is 22.7 Å². The van der Waals surface area contributed by atoms with Crippen molar-refractivity contribution in [2.45, 2.75) is 32.4 Å². The summed E-state index contributed by atoms with van der Waals surface area (Å²) in [5, 5.41) is 2.72. The second-order valence-corrected chi connectivity index (χ2v) is 4.90. The summed E-state index contributed by atoms with van der Waals surface area (Å²) in [6.07, 6.45) is 1.05. The molecule has 0 saturated carbocycles. The molecular formula is C12H17BrClFN2O. The first-order valence-electron chi connectivity index (χ1n) is 5.45. The lowest BCUT2D eigenvalue weighted by Crippen LogP contribution is -2.25. The van der Waals surface area contributed by atoms with Crippen molar-refractivity contribution in [3.05, 3.63) is 34.1 Å². The van der Waals surface area contributed by atoms with Crippen LogP contribution in [0, 0.1) is 5.82 Å². The monoisotopic (exact) mass is 338 g/mol. The second-order valence-electron chi connectivity index (χ2n) is 4.04. The molecule has 1 unspecified atom stereocenters. The van der Waals surface area contributed by atoms with Crippen molar-refractivity contribution in [1.82, 2.24) is 5.32 Å². The number of amides is 1. The van der Waals surface area contributed by atoms with Gasteiger partial charge in [0.15, 0.2) is 0 Å². The molecule has 1 rings (SSSR count). The highest BCUT2D eigenvalue weighted by molar-refractivity contribution is 9.10. The molecule has 0 radical (unpaired) electrons. The highest BCUT2D eigenvalue weighted by Crippen LogP contribution is 2.16. The summed E-state index contributed by atoms with van der Waals surface area (Å²) in [6.45, 7) is 2.19. The SMILES string of the molecule is CC(N)CCC(=O)NCc1ccc(Br)c(F)c1.Cl. The van der Waals surface area contributed by atoms with Gasteiger partial charge in [-0.3, -0.25) is 4.79 Å². The quantitative estimate of drug-likeness (QED) is 0.866. The first-order valence-corrected chi connectivity index (χ1v) is 6.24. The van der Waals surface area contributed by atoms with Gasteiger partial charge in [-0.2, -0.15) is 0 Å². The molecule has 3 nitrogen and oxygen atoms in total. The standard InChI is InChI=1S/C12H16BrFN2O.ClH/c1-8(15)2-5-12(17)16-7-9-3-4-10(13)11(14)6-9;/h3-4,6,8H,2,5,7,15H2,1H3,(H,16,17);1H. The van der Waals surface area contributed by atoms with Gasteiger partial charge in [0.2, 0.25) is 5.91 Å². The number of nitrogens with two attached hydrogens (primary N) is 1. The molecule has 0 aromatic heterocycles. The van der Waals surface area contributed by atoms with Gasteiger partial charge in [0.25, 0.3) is 0 Å². The molecular weight excluding hydrogens is 322 g/mol. The number of nitrogens with one attached hydrogen (secondary N) is 1. The zero-order valence-corrected chi connectivity index (χ0v) is 12.5.